The van der Waals surface area contributed by atoms with Gasteiger partial charge in [0.1, 0.15) is 0 Å². The molecule has 0 bridgehead atoms. The zero-order chi connectivity index (χ0) is 23.9. The summed E-state index contributed by atoms with van der Waals surface area (Å²) >= 11 is 0. The topological polar surface area (TPSA) is 17.3 Å². The van der Waals surface area contributed by atoms with Crippen molar-refractivity contribution in [2.45, 2.75) is 26.3 Å². The first-order chi connectivity index (χ1) is 17.2. The number of benzene rings is 4. The molecule has 0 saturated heterocycles. The van der Waals surface area contributed by atoms with Crippen molar-refractivity contribution in [1.82, 2.24) is 4.57 Å². The number of aliphatic imine (C=N–C) groups is 1. The molecule has 0 atom stereocenters. The Morgan fingerprint density at radius 2 is 1.60 bits per heavy atom. The van der Waals surface area contributed by atoms with Crippen molar-refractivity contribution in [2.24, 2.45) is 4.99 Å². The number of fused-ring (bicyclic) bond motifs is 7. The molecule has 6 rings (SSSR count). The van der Waals surface area contributed by atoms with E-state index < -0.39 is 0 Å². The van der Waals surface area contributed by atoms with Gasteiger partial charge in [-0.15, -0.1) is 0 Å². The highest BCUT2D eigenvalue weighted by molar-refractivity contribution is 6.15. The average Bonchev–Trinajstić information content (AvgIpc) is 3.23. The van der Waals surface area contributed by atoms with Gasteiger partial charge in [0.15, 0.2) is 0 Å². The van der Waals surface area contributed by atoms with Gasteiger partial charge in [0.25, 0.3) is 0 Å². The van der Waals surface area contributed by atoms with E-state index in [2.05, 4.69) is 115 Å². The summed E-state index contributed by atoms with van der Waals surface area (Å²) in [5, 5.41) is 3.93. The highest BCUT2D eigenvalue weighted by Crippen LogP contribution is 2.44. The summed E-state index contributed by atoms with van der Waals surface area (Å²) in [5.74, 6) is 0. The molecule has 170 valence electrons. The maximum Gasteiger partial charge on any atom is 0.0633 e. The third-order valence-electron chi connectivity index (χ3n) is 7.26. The van der Waals surface area contributed by atoms with E-state index in [4.69, 9.17) is 0 Å². The first-order valence-corrected chi connectivity index (χ1v) is 12.2. The van der Waals surface area contributed by atoms with E-state index in [9.17, 15) is 0 Å². The molecule has 0 aliphatic heterocycles. The Morgan fingerprint density at radius 3 is 2.31 bits per heavy atom. The predicted octanol–water partition coefficient (Wildman–Crippen LogP) is 8.16. The molecule has 35 heavy (non-hydrogen) atoms. The van der Waals surface area contributed by atoms with Crippen LogP contribution in [-0.4, -0.2) is 11.3 Å². The molecule has 0 amide bonds. The van der Waals surface area contributed by atoms with Gasteiger partial charge in [-0.25, -0.2) is 0 Å². The lowest BCUT2D eigenvalue weighted by molar-refractivity contribution is 0.998. The quantitative estimate of drug-likeness (QED) is 0.235. The van der Waals surface area contributed by atoms with Gasteiger partial charge in [-0.1, -0.05) is 79.4 Å². The van der Waals surface area contributed by atoms with Gasteiger partial charge in [0.05, 0.1) is 17.8 Å². The van der Waals surface area contributed by atoms with E-state index in [-0.39, 0.29) is 0 Å². The zero-order valence-corrected chi connectivity index (χ0v) is 20.1. The van der Waals surface area contributed by atoms with Crippen molar-refractivity contribution in [2.75, 3.05) is 0 Å². The summed E-state index contributed by atoms with van der Waals surface area (Å²) in [5.41, 5.74) is 11.7. The maximum absolute atomic E-state index is 4.26. The van der Waals surface area contributed by atoms with Crippen molar-refractivity contribution >= 4 is 40.5 Å². The summed E-state index contributed by atoms with van der Waals surface area (Å²) in [6, 6.07) is 26.4. The monoisotopic (exact) mass is 452 g/mol. The largest absolute Gasteiger partial charge is 0.309 e. The van der Waals surface area contributed by atoms with Crippen molar-refractivity contribution in [3.63, 3.8) is 0 Å². The van der Waals surface area contributed by atoms with Crippen LogP contribution in [0.2, 0.25) is 0 Å². The van der Waals surface area contributed by atoms with Crippen molar-refractivity contribution in [3.05, 3.63) is 125 Å². The second-order valence-electron chi connectivity index (χ2n) is 9.24. The minimum Gasteiger partial charge on any atom is -0.309 e. The summed E-state index contributed by atoms with van der Waals surface area (Å²) in [6.45, 7) is 10.7. The van der Waals surface area contributed by atoms with Gasteiger partial charge in [0.2, 0.25) is 0 Å². The van der Waals surface area contributed by atoms with Crippen LogP contribution in [-0.2, 0) is 19.4 Å². The molecule has 0 saturated carbocycles. The summed E-state index contributed by atoms with van der Waals surface area (Å²) < 4.78 is 2.44. The molecule has 5 aromatic rings. The second-order valence-corrected chi connectivity index (χ2v) is 9.24. The molecule has 0 radical (unpaired) electrons. The Hall–Kier alpha value is -4.17. The molecule has 0 N–H and O–H groups in total. The zero-order valence-electron chi connectivity index (χ0n) is 20.1. The third kappa shape index (κ3) is 3.29. The fourth-order valence-corrected chi connectivity index (χ4v) is 5.83. The molecule has 2 heteroatoms. The molecule has 1 aliphatic rings. The van der Waals surface area contributed by atoms with E-state index in [1.54, 1.807) is 0 Å². The number of hydrogen-bond acceptors (Lipinski definition) is 1. The van der Waals surface area contributed by atoms with Gasteiger partial charge >= 0.3 is 0 Å². The lowest BCUT2D eigenvalue weighted by atomic mass is 9.81. The van der Waals surface area contributed by atoms with Gasteiger partial charge < -0.3 is 4.57 Å². The van der Waals surface area contributed by atoms with Gasteiger partial charge in [0, 0.05) is 23.1 Å². The van der Waals surface area contributed by atoms with E-state index in [0.29, 0.717) is 6.54 Å². The number of rotatable bonds is 5. The lowest BCUT2D eigenvalue weighted by Crippen LogP contribution is -2.10. The standard InChI is InChI=1S/C33H28N2/c1-4-11-31-26(5-2)32-28-17-9-8-16-27(28)29-19-23-13-6-7-14-24(23)20-30(29)33(32)35(31)25-15-10-12-22(18-25)21-34-3/h4-18H,2-3,19-21H2,1H3/b11-4-. The fraction of sp³-hybridized carbons (Fsp3) is 0.121. The van der Waals surface area contributed by atoms with Crippen molar-refractivity contribution in [1.29, 1.82) is 0 Å². The molecule has 4 aromatic carbocycles. The highest BCUT2D eigenvalue weighted by Gasteiger charge is 2.26. The molecule has 1 aromatic heterocycles. The summed E-state index contributed by atoms with van der Waals surface area (Å²) in [7, 11) is 0. The van der Waals surface area contributed by atoms with Crippen molar-refractivity contribution < 1.29 is 0 Å². The molecule has 2 nitrogen and oxygen atoms in total. The fourth-order valence-electron chi connectivity index (χ4n) is 5.83. The molecular weight excluding hydrogens is 424 g/mol. The molecule has 1 heterocycles. The Labute approximate surface area is 206 Å². The molecule has 0 fully saturated rings. The predicted molar refractivity (Wildman–Crippen MR) is 151 cm³/mol. The molecule has 0 spiro atoms. The first kappa shape index (κ1) is 21.4. The van der Waals surface area contributed by atoms with Crippen LogP contribution in [0.15, 0.2) is 90.4 Å². The minimum atomic E-state index is 0.606. The van der Waals surface area contributed by atoms with Gasteiger partial charge in [-0.2, -0.15) is 0 Å². The van der Waals surface area contributed by atoms with E-state index >= 15 is 0 Å². The normalized spacial score (nSPS) is 12.7. The highest BCUT2D eigenvalue weighted by atomic mass is 15.0. The Morgan fingerprint density at radius 1 is 0.886 bits per heavy atom. The van der Waals surface area contributed by atoms with E-state index in [1.807, 2.05) is 6.08 Å². The third-order valence-corrected chi connectivity index (χ3v) is 7.26. The van der Waals surface area contributed by atoms with Crippen LogP contribution in [0.1, 0.15) is 46.0 Å². The molecule has 1 aliphatic carbocycles. The Kier molecular flexibility index (Phi) is 5.22. The Balaban J connectivity index is 1.81. The van der Waals surface area contributed by atoms with Crippen LogP contribution in [0.25, 0.3) is 39.5 Å². The van der Waals surface area contributed by atoms with Gasteiger partial charge in [-0.05, 0) is 76.9 Å². The van der Waals surface area contributed by atoms with Crippen LogP contribution in [0.5, 0.6) is 0 Å². The Bertz CT molecular complexity index is 1660. The van der Waals surface area contributed by atoms with Crippen LogP contribution in [0, 0.1) is 0 Å². The number of aromatic nitrogens is 1. The summed E-state index contributed by atoms with van der Waals surface area (Å²) in [6.07, 6.45) is 8.25. The summed E-state index contributed by atoms with van der Waals surface area (Å²) in [4.78, 5) is 4.13. The number of allylic oxidation sites excluding steroid dienone is 1. The SMILES string of the molecule is C=Cc1c(/C=C\C)n(-c2cccc(CN=C)c2)c2c3c(c4ccccc4c12)Cc1ccccc1C3. The van der Waals surface area contributed by atoms with Crippen LogP contribution >= 0.6 is 0 Å². The first-order valence-electron chi connectivity index (χ1n) is 12.2. The smallest absolute Gasteiger partial charge is 0.0633 e. The van der Waals surface area contributed by atoms with Gasteiger partial charge in [-0.3, -0.25) is 4.99 Å². The number of hydrogen-bond donors (Lipinski definition) is 0. The molecular formula is C33H28N2. The second kappa shape index (κ2) is 8.56. The van der Waals surface area contributed by atoms with Crippen LogP contribution in [0.3, 0.4) is 0 Å². The number of nitrogens with zero attached hydrogens (tertiary/aromatic N) is 2. The van der Waals surface area contributed by atoms with Crippen molar-refractivity contribution in [3.8, 4) is 5.69 Å². The van der Waals surface area contributed by atoms with Crippen LogP contribution in [0.4, 0.5) is 0 Å². The van der Waals surface area contributed by atoms with E-state index in [1.165, 1.54) is 55.2 Å². The van der Waals surface area contributed by atoms with Crippen LogP contribution < -0.4 is 0 Å². The lowest BCUT2D eigenvalue weighted by Gasteiger charge is -2.24. The molecule has 0 unspecified atom stereocenters. The van der Waals surface area contributed by atoms with E-state index in [0.717, 1.165) is 24.1 Å². The minimum absolute atomic E-state index is 0.606. The average molecular weight is 453 g/mol. The maximum atomic E-state index is 4.26.